The van der Waals surface area contributed by atoms with Crippen LogP contribution >= 0.6 is 11.6 Å². The number of carbonyl (C=O) groups excluding carboxylic acids is 3. The molecule has 0 aliphatic rings. The first-order chi connectivity index (χ1) is 16.8. The Kier molecular flexibility index (Phi) is 8.97. The van der Waals surface area contributed by atoms with Gasteiger partial charge < -0.3 is 15.4 Å². The van der Waals surface area contributed by atoms with Crippen molar-refractivity contribution in [2.45, 2.75) is 20.3 Å². The van der Waals surface area contributed by atoms with Gasteiger partial charge in [0.1, 0.15) is 5.75 Å². The minimum atomic E-state index is -0.887. The van der Waals surface area contributed by atoms with Crippen molar-refractivity contribution in [3.8, 4) is 5.75 Å². The van der Waals surface area contributed by atoms with Crippen LogP contribution in [-0.2, 0) is 20.8 Å². The predicted molar refractivity (Wildman–Crippen MR) is 137 cm³/mol. The number of hydrogen-bond acceptors (Lipinski definition) is 5. The van der Waals surface area contributed by atoms with E-state index in [0.29, 0.717) is 27.7 Å². The van der Waals surface area contributed by atoms with E-state index in [1.807, 2.05) is 32.0 Å². The molecule has 3 rings (SSSR count). The molecule has 0 fully saturated rings. The van der Waals surface area contributed by atoms with Gasteiger partial charge in [0, 0.05) is 16.4 Å². The lowest BCUT2D eigenvalue weighted by Crippen LogP contribution is -2.32. The molecule has 3 aromatic rings. The summed E-state index contributed by atoms with van der Waals surface area (Å²) in [5.74, 6) is -1.54. The molecule has 0 atom stereocenters. The third-order valence-electron chi connectivity index (χ3n) is 4.91. The zero-order valence-electron chi connectivity index (χ0n) is 19.3. The highest BCUT2D eigenvalue weighted by Gasteiger charge is 2.12. The number of anilines is 2. The van der Waals surface area contributed by atoms with Gasteiger partial charge in [-0.05, 0) is 78.6 Å². The standard InChI is InChI=1S/C26H25ClN4O4/c1-3-18-5-10-20(11-6-18)30-25(33)26(34)31-28-15-19-7-12-22(13-8-19)35-16-24(32)29-21-9-4-17(2)23(27)14-21/h4-15H,3,16H2,1-2H3,(H,29,32)(H,30,33)(H,31,34)/b28-15-. The van der Waals surface area contributed by atoms with E-state index >= 15 is 0 Å². The molecule has 0 unspecified atom stereocenters. The Hall–Kier alpha value is -4.17. The second kappa shape index (κ2) is 12.3. The highest BCUT2D eigenvalue weighted by molar-refractivity contribution is 6.39. The van der Waals surface area contributed by atoms with Crippen LogP contribution in [0.15, 0.2) is 71.8 Å². The number of amides is 3. The Balaban J connectivity index is 1.42. The summed E-state index contributed by atoms with van der Waals surface area (Å²) in [4.78, 5) is 36.0. The SMILES string of the molecule is CCc1ccc(NC(=O)C(=O)N/N=C\c2ccc(OCC(=O)Nc3ccc(C)c(Cl)c3)cc2)cc1. The summed E-state index contributed by atoms with van der Waals surface area (Å²) in [6, 6.07) is 19.2. The first-order valence-corrected chi connectivity index (χ1v) is 11.2. The summed E-state index contributed by atoms with van der Waals surface area (Å²) in [6.07, 6.45) is 2.27. The van der Waals surface area contributed by atoms with Crippen LogP contribution in [0.2, 0.25) is 5.02 Å². The van der Waals surface area contributed by atoms with E-state index in [1.165, 1.54) is 6.21 Å². The molecule has 3 N–H and O–H groups in total. The van der Waals surface area contributed by atoms with Crippen LogP contribution in [0.5, 0.6) is 5.75 Å². The summed E-state index contributed by atoms with van der Waals surface area (Å²) in [5, 5.41) is 9.59. The van der Waals surface area contributed by atoms with Crippen molar-refractivity contribution in [2.75, 3.05) is 17.2 Å². The maximum atomic E-state index is 12.1. The molecule has 0 saturated heterocycles. The summed E-state index contributed by atoms with van der Waals surface area (Å²) in [5.41, 5.74) is 6.01. The molecule has 0 aliphatic heterocycles. The number of hydrazone groups is 1. The van der Waals surface area contributed by atoms with Crippen molar-refractivity contribution in [3.63, 3.8) is 0 Å². The number of halogens is 1. The number of hydrogen-bond donors (Lipinski definition) is 3. The van der Waals surface area contributed by atoms with Gasteiger partial charge in [0.15, 0.2) is 6.61 Å². The van der Waals surface area contributed by atoms with E-state index in [9.17, 15) is 14.4 Å². The average molecular weight is 493 g/mol. The van der Waals surface area contributed by atoms with Gasteiger partial charge in [0.05, 0.1) is 6.21 Å². The maximum Gasteiger partial charge on any atom is 0.329 e. The van der Waals surface area contributed by atoms with Crippen molar-refractivity contribution in [1.82, 2.24) is 5.43 Å². The number of carbonyl (C=O) groups is 3. The van der Waals surface area contributed by atoms with Crippen molar-refractivity contribution in [1.29, 1.82) is 0 Å². The van der Waals surface area contributed by atoms with Gasteiger partial charge >= 0.3 is 11.8 Å². The van der Waals surface area contributed by atoms with Crippen LogP contribution < -0.4 is 20.8 Å². The lowest BCUT2D eigenvalue weighted by molar-refractivity contribution is -0.136. The molecule has 8 nitrogen and oxygen atoms in total. The molecule has 0 radical (unpaired) electrons. The maximum absolute atomic E-state index is 12.1. The van der Waals surface area contributed by atoms with Crippen LogP contribution in [0, 0.1) is 6.92 Å². The molecule has 0 spiro atoms. The topological polar surface area (TPSA) is 109 Å². The summed E-state index contributed by atoms with van der Waals surface area (Å²) >= 11 is 6.06. The molecule has 35 heavy (non-hydrogen) atoms. The van der Waals surface area contributed by atoms with Gasteiger partial charge in [-0.3, -0.25) is 14.4 Å². The minimum absolute atomic E-state index is 0.175. The Morgan fingerprint density at radius 3 is 2.26 bits per heavy atom. The normalized spacial score (nSPS) is 10.6. The van der Waals surface area contributed by atoms with Gasteiger partial charge in [0.2, 0.25) is 0 Å². The molecule has 180 valence electrons. The van der Waals surface area contributed by atoms with Crippen LogP contribution in [0.3, 0.4) is 0 Å². The zero-order valence-corrected chi connectivity index (χ0v) is 20.1. The molecular weight excluding hydrogens is 468 g/mol. The van der Waals surface area contributed by atoms with Gasteiger partial charge in [-0.25, -0.2) is 5.43 Å². The number of nitrogens with zero attached hydrogens (tertiary/aromatic N) is 1. The number of aryl methyl sites for hydroxylation is 2. The fraction of sp³-hybridized carbons (Fsp3) is 0.154. The molecule has 0 saturated carbocycles. The molecule has 9 heteroatoms. The summed E-state index contributed by atoms with van der Waals surface area (Å²) in [7, 11) is 0. The van der Waals surface area contributed by atoms with Crippen molar-refractivity contribution >= 4 is 46.9 Å². The number of nitrogens with one attached hydrogen (secondary N) is 3. The van der Waals surface area contributed by atoms with Gasteiger partial charge in [-0.2, -0.15) is 5.10 Å². The smallest absolute Gasteiger partial charge is 0.329 e. The van der Waals surface area contributed by atoms with Crippen LogP contribution in [0.1, 0.15) is 23.6 Å². The third-order valence-corrected chi connectivity index (χ3v) is 5.32. The molecule has 3 aromatic carbocycles. The molecule has 0 bridgehead atoms. The van der Waals surface area contributed by atoms with Gasteiger partial charge in [-0.1, -0.05) is 36.7 Å². The monoisotopic (exact) mass is 492 g/mol. The van der Waals surface area contributed by atoms with E-state index in [-0.39, 0.29) is 12.5 Å². The van der Waals surface area contributed by atoms with Crippen molar-refractivity contribution < 1.29 is 19.1 Å². The highest BCUT2D eigenvalue weighted by Crippen LogP contribution is 2.20. The molecular formula is C26H25ClN4O4. The van der Waals surface area contributed by atoms with Gasteiger partial charge in [0.25, 0.3) is 5.91 Å². The second-order valence-electron chi connectivity index (χ2n) is 7.57. The summed E-state index contributed by atoms with van der Waals surface area (Å²) < 4.78 is 5.48. The molecule has 3 amide bonds. The van der Waals surface area contributed by atoms with E-state index in [1.54, 1.807) is 48.5 Å². The van der Waals surface area contributed by atoms with E-state index in [0.717, 1.165) is 17.5 Å². The zero-order chi connectivity index (χ0) is 25.2. The number of benzene rings is 3. The Labute approximate surface area is 208 Å². The number of rotatable bonds is 8. The largest absolute Gasteiger partial charge is 0.484 e. The molecule has 0 aliphatic carbocycles. The Morgan fingerprint density at radius 1 is 0.914 bits per heavy atom. The van der Waals surface area contributed by atoms with Gasteiger partial charge in [-0.15, -0.1) is 0 Å². The van der Waals surface area contributed by atoms with Crippen molar-refractivity contribution in [2.24, 2.45) is 5.10 Å². The quantitative estimate of drug-likeness (QED) is 0.247. The summed E-state index contributed by atoms with van der Waals surface area (Å²) in [6.45, 7) is 3.73. The van der Waals surface area contributed by atoms with E-state index in [4.69, 9.17) is 16.3 Å². The fourth-order valence-corrected chi connectivity index (χ4v) is 3.08. The minimum Gasteiger partial charge on any atom is -0.484 e. The highest BCUT2D eigenvalue weighted by atomic mass is 35.5. The predicted octanol–water partition coefficient (Wildman–Crippen LogP) is 4.32. The first kappa shape index (κ1) is 25.5. The molecule has 0 aromatic heterocycles. The van der Waals surface area contributed by atoms with Crippen LogP contribution in [0.4, 0.5) is 11.4 Å². The van der Waals surface area contributed by atoms with E-state index < -0.39 is 11.8 Å². The number of ether oxygens (including phenoxy) is 1. The lowest BCUT2D eigenvalue weighted by atomic mass is 10.1. The first-order valence-electron chi connectivity index (χ1n) is 10.9. The van der Waals surface area contributed by atoms with Crippen LogP contribution in [-0.4, -0.2) is 30.5 Å². The fourth-order valence-electron chi connectivity index (χ4n) is 2.89. The Bertz CT molecular complexity index is 1230. The Morgan fingerprint density at radius 2 is 1.60 bits per heavy atom. The molecule has 0 heterocycles. The third kappa shape index (κ3) is 7.97. The van der Waals surface area contributed by atoms with E-state index in [2.05, 4.69) is 21.2 Å². The average Bonchev–Trinajstić information content (AvgIpc) is 2.86. The van der Waals surface area contributed by atoms with Crippen molar-refractivity contribution in [3.05, 3.63) is 88.4 Å². The lowest BCUT2D eigenvalue weighted by Gasteiger charge is -2.08. The second-order valence-corrected chi connectivity index (χ2v) is 7.98. The van der Waals surface area contributed by atoms with Crippen LogP contribution in [0.25, 0.3) is 0 Å².